The molecule has 2 heterocycles. The van der Waals surface area contributed by atoms with Crippen LogP contribution in [-0.2, 0) is 4.74 Å². The fraction of sp³-hybridized carbons (Fsp3) is 0.588. The van der Waals surface area contributed by atoms with Crippen molar-refractivity contribution in [3.8, 4) is 0 Å². The van der Waals surface area contributed by atoms with Crippen LogP contribution < -0.4 is 0 Å². The molecule has 0 aromatic heterocycles. The van der Waals surface area contributed by atoms with Crippen LogP contribution >= 0.6 is 15.9 Å². The summed E-state index contributed by atoms with van der Waals surface area (Å²) in [5.74, 6) is 0.305. The number of hydrogen-bond acceptors (Lipinski definition) is 3. The molecule has 4 heteroatoms. The maximum Gasteiger partial charge on any atom is 0.338 e. The van der Waals surface area contributed by atoms with Gasteiger partial charge in [-0.3, -0.25) is 4.90 Å². The normalized spacial score (nSPS) is 26.1. The predicted octanol–water partition coefficient (Wildman–Crippen LogP) is 3.87. The lowest BCUT2D eigenvalue weighted by Crippen LogP contribution is -2.49. The number of benzene rings is 1. The maximum atomic E-state index is 12.1. The Hall–Kier alpha value is -0.870. The molecule has 21 heavy (non-hydrogen) atoms. The van der Waals surface area contributed by atoms with E-state index in [-0.39, 0.29) is 5.97 Å². The lowest BCUT2D eigenvalue weighted by atomic mass is 9.84. The fourth-order valence-electron chi connectivity index (χ4n) is 3.65. The van der Waals surface area contributed by atoms with Crippen molar-refractivity contribution < 1.29 is 9.53 Å². The third kappa shape index (κ3) is 3.67. The van der Waals surface area contributed by atoms with Gasteiger partial charge in [-0.15, -0.1) is 0 Å². The van der Waals surface area contributed by atoms with Crippen molar-refractivity contribution in [1.29, 1.82) is 0 Å². The Bertz CT molecular complexity index is 503. The van der Waals surface area contributed by atoms with Crippen molar-refractivity contribution in [2.45, 2.75) is 38.1 Å². The molecule has 2 fully saturated rings. The molecule has 1 aromatic carbocycles. The summed E-state index contributed by atoms with van der Waals surface area (Å²) in [6, 6.07) is 8.03. The molecular formula is C17H22BrNO2. The zero-order chi connectivity index (χ0) is 14.7. The van der Waals surface area contributed by atoms with Crippen LogP contribution in [0.15, 0.2) is 28.7 Å². The number of carbonyl (C=O) groups excluding carboxylic acids is 1. The summed E-state index contributed by atoms with van der Waals surface area (Å²) >= 11 is 3.39. The first-order valence-electron chi connectivity index (χ1n) is 7.91. The number of hydrogen-bond donors (Lipinski definition) is 0. The molecule has 2 atom stereocenters. The number of esters is 1. The van der Waals surface area contributed by atoms with E-state index < -0.39 is 0 Å². The van der Waals surface area contributed by atoms with Crippen molar-refractivity contribution in [2.24, 2.45) is 5.92 Å². The third-order valence-corrected chi connectivity index (χ3v) is 5.21. The monoisotopic (exact) mass is 351 g/mol. The molecule has 2 aliphatic heterocycles. The second-order valence-electron chi connectivity index (χ2n) is 6.11. The first-order valence-corrected chi connectivity index (χ1v) is 8.70. The van der Waals surface area contributed by atoms with Crippen LogP contribution in [-0.4, -0.2) is 36.6 Å². The summed E-state index contributed by atoms with van der Waals surface area (Å²) in [6.07, 6.45) is 6.32. The van der Waals surface area contributed by atoms with E-state index in [2.05, 4.69) is 20.8 Å². The van der Waals surface area contributed by atoms with Gasteiger partial charge in [-0.05, 0) is 57.0 Å². The molecule has 3 rings (SSSR count). The van der Waals surface area contributed by atoms with Gasteiger partial charge in [0.15, 0.2) is 0 Å². The van der Waals surface area contributed by atoms with Crippen LogP contribution in [0.4, 0.5) is 0 Å². The molecule has 1 aromatic rings. The number of rotatable bonds is 3. The first kappa shape index (κ1) is 15.0. The zero-order valence-electron chi connectivity index (χ0n) is 12.3. The van der Waals surface area contributed by atoms with E-state index in [0.717, 1.165) is 4.47 Å². The molecular weight excluding hydrogens is 330 g/mol. The highest BCUT2D eigenvalue weighted by Crippen LogP contribution is 2.31. The predicted molar refractivity (Wildman–Crippen MR) is 86.4 cm³/mol. The average molecular weight is 352 g/mol. The topological polar surface area (TPSA) is 29.5 Å². The Morgan fingerprint density at radius 3 is 2.95 bits per heavy atom. The summed E-state index contributed by atoms with van der Waals surface area (Å²) in [7, 11) is 0. The minimum Gasteiger partial charge on any atom is -0.462 e. The SMILES string of the molecule is O=C(OC[C@H]1CCCN2CCCC[C@@H]12)c1cccc(Br)c1. The van der Waals surface area contributed by atoms with E-state index in [0.29, 0.717) is 24.1 Å². The first-order chi connectivity index (χ1) is 10.2. The summed E-state index contributed by atoms with van der Waals surface area (Å²) in [5.41, 5.74) is 0.626. The third-order valence-electron chi connectivity index (χ3n) is 4.72. The number of carbonyl (C=O) groups is 1. The summed E-state index contributed by atoms with van der Waals surface area (Å²) in [6.45, 7) is 3.01. The minimum absolute atomic E-state index is 0.204. The highest BCUT2D eigenvalue weighted by Gasteiger charge is 2.33. The van der Waals surface area contributed by atoms with Crippen molar-refractivity contribution in [1.82, 2.24) is 4.90 Å². The van der Waals surface area contributed by atoms with E-state index in [4.69, 9.17) is 4.74 Å². The second kappa shape index (κ2) is 6.93. The number of halogens is 1. The molecule has 0 unspecified atom stereocenters. The standard InChI is InChI=1S/C17H22BrNO2/c18-15-7-3-5-13(11-15)17(20)21-12-14-6-4-10-19-9-2-1-8-16(14)19/h3,5,7,11,14,16H,1-2,4,6,8-10,12H2/t14-,16+/m1/s1. The zero-order valence-corrected chi connectivity index (χ0v) is 13.8. The molecule has 0 saturated carbocycles. The molecule has 0 bridgehead atoms. The van der Waals surface area contributed by atoms with Gasteiger partial charge in [0, 0.05) is 16.4 Å². The molecule has 2 aliphatic rings. The Labute approximate surface area is 134 Å². The summed E-state index contributed by atoms with van der Waals surface area (Å²) in [5, 5.41) is 0. The van der Waals surface area contributed by atoms with Gasteiger partial charge in [0.2, 0.25) is 0 Å². The average Bonchev–Trinajstić information content (AvgIpc) is 2.52. The maximum absolute atomic E-state index is 12.1. The summed E-state index contributed by atoms with van der Waals surface area (Å²) in [4.78, 5) is 14.7. The lowest BCUT2D eigenvalue weighted by Gasteiger charge is -2.44. The molecule has 0 N–H and O–H groups in total. The van der Waals surface area contributed by atoms with E-state index in [1.165, 1.54) is 45.2 Å². The van der Waals surface area contributed by atoms with Gasteiger partial charge in [-0.1, -0.05) is 28.4 Å². The van der Waals surface area contributed by atoms with Gasteiger partial charge >= 0.3 is 5.97 Å². The Balaban J connectivity index is 1.57. The van der Waals surface area contributed by atoms with Crippen LogP contribution in [0.5, 0.6) is 0 Å². The fourth-order valence-corrected chi connectivity index (χ4v) is 4.05. The molecule has 3 nitrogen and oxygen atoms in total. The quantitative estimate of drug-likeness (QED) is 0.774. The highest BCUT2D eigenvalue weighted by atomic mass is 79.9. The van der Waals surface area contributed by atoms with Crippen LogP contribution in [0.1, 0.15) is 42.5 Å². The van der Waals surface area contributed by atoms with Crippen LogP contribution in [0.25, 0.3) is 0 Å². The lowest BCUT2D eigenvalue weighted by molar-refractivity contribution is 0.00738. The highest BCUT2D eigenvalue weighted by molar-refractivity contribution is 9.10. The van der Waals surface area contributed by atoms with Crippen molar-refractivity contribution in [3.63, 3.8) is 0 Å². The number of fused-ring (bicyclic) bond motifs is 1. The Kier molecular flexibility index (Phi) is 4.96. The van der Waals surface area contributed by atoms with Gasteiger partial charge in [0.1, 0.15) is 0 Å². The van der Waals surface area contributed by atoms with Gasteiger partial charge in [0.25, 0.3) is 0 Å². The number of nitrogens with zero attached hydrogens (tertiary/aromatic N) is 1. The van der Waals surface area contributed by atoms with Crippen molar-refractivity contribution in [2.75, 3.05) is 19.7 Å². The van der Waals surface area contributed by atoms with Crippen LogP contribution in [0.2, 0.25) is 0 Å². The summed E-state index contributed by atoms with van der Waals surface area (Å²) < 4.78 is 6.50. The van der Waals surface area contributed by atoms with Gasteiger partial charge < -0.3 is 4.74 Å². The number of piperidine rings is 2. The molecule has 0 amide bonds. The second-order valence-corrected chi connectivity index (χ2v) is 7.03. The molecule has 0 aliphatic carbocycles. The molecule has 114 valence electrons. The molecule has 0 radical (unpaired) electrons. The molecule has 2 saturated heterocycles. The smallest absolute Gasteiger partial charge is 0.338 e. The van der Waals surface area contributed by atoms with Gasteiger partial charge in [-0.2, -0.15) is 0 Å². The van der Waals surface area contributed by atoms with Crippen LogP contribution in [0.3, 0.4) is 0 Å². The van der Waals surface area contributed by atoms with E-state index in [1.54, 1.807) is 6.07 Å². The van der Waals surface area contributed by atoms with Crippen molar-refractivity contribution in [3.05, 3.63) is 34.3 Å². The van der Waals surface area contributed by atoms with Gasteiger partial charge in [-0.25, -0.2) is 4.79 Å². The van der Waals surface area contributed by atoms with Crippen molar-refractivity contribution >= 4 is 21.9 Å². The van der Waals surface area contributed by atoms with Crippen LogP contribution in [0, 0.1) is 5.92 Å². The van der Waals surface area contributed by atoms with Gasteiger partial charge in [0.05, 0.1) is 12.2 Å². The van der Waals surface area contributed by atoms with E-state index >= 15 is 0 Å². The number of ether oxygens (including phenoxy) is 1. The molecule has 0 spiro atoms. The van der Waals surface area contributed by atoms with E-state index in [1.807, 2.05) is 18.2 Å². The minimum atomic E-state index is -0.204. The Morgan fingerprint density at radius 1 is 1.24 bits per heavy atom. The van der Waals surface area contributed by atoms with E-state index in [9.17, 15) is 4.79 Å². The Morgan fingerprint density at radius 2 is 2.10 bits per heavy atom. The largest absolute Gasteiger partial charge is 0.462 e.